The molecule has 1 heterocycles. The Morgan fingerprint density at radius 1 is 0.902 bits per heavy atom. The van der Waals surface area contributed by atoms with Crippen molar-refractivity contribution in [3.63, 3.8) is 0 Å². The highest BCUT2D eigenvalue weighted by atomic mass is 31.2. The molecule has 1 aromatic heterocycles. The van der Waals surface area contributed by atoms with E-state index in [1.165, 1.54) is 43.7 Å². The molecule has 0 spiro atoms. The van der Waals surface area contributed by atoms with Crippen molar-refractivity contribution in [3.8, 4) is 28.4 Å². The summed E-state index contributed by atoms with van der Waals surface area (Å²) in [5, 5.41) is 12.6. The molecule has 2 atom stereocenters. The molecule has 0 saturated carbocycles. The number of aromatic hydroxyl groups is 1. The zero-order chi connectivity index (χ0) is 28.8. The topological polar surface area (TPSA) is 124 Å². The van der Waals surface area contributed by atoms with E-state index < -0.39 is 19.8 Å². The Kier molecular flexibility index (Phi) is 8.19. The first-order valence-electron chi connectivity index (χ1n) is 12.6. The third kappa shape index (κ3) is 6.66. The molecule has 0 radical (unpaired) electrons. The average molecular weight is 572 g/mol. The van der Waals surface area contributed by atoms with Crippen molar-refractivity contribution in [2.75, 3.05) is 7.11 Å². The molecular formula is C31H26NO8P. The number of phenols is 1. The van der Waals surface area contributed by atoms with Gasteiger partial charge in [-0.25, -0.2) is 4.57 Å². The standard InChI is InChI=1S/C31H26NO8P/c1-37-31(35)28(18-21-8-4-2-5-9-21)32-41(36,39-24-10-6-3-7-11-24)40-25-16-17-26-29(19-25)38-20-27(30(26)34)22-12-14-23(33)15-13-22/h2-17,19-20,28,33H,18H2,1H3,(H,32,36)/t28-,41?/m0/s1. The van der Waals surface area contributed by atoms with Crippen LogP contribution in [0.3, 0.4) is 0 Å². The number of nitrogens with one attached hydrogen (secondary N) is 1. The van der Waals surface area contributed by atoms with Gasteiger partial charge in [0, 0.05) is 6.07 Å². The van der Waals surface area contributed by atoms with Gasteiger partial charge in [0.1, 0.15) is 35.1 Å². The maximum atomic E-state index is 14.2. The zero-order valence-corrected chi connectivity index (χ0v) is 22.8. The summed E-state index contributed by atoms with van der Waals surface area (Å²) >= 11 is 0. The van der Waals surface area contributed by atoms with Crippen LogP contribution in [0.5, 0.6) is 17.2 Å². The van der Waals surface area contributed by atoms with Crippen molar-refractivity contribution in [1.29, 1.82) is 0 Å². The summed E-state index contributed by atoms with van der Waals surface area (Å²) in [6.07, 6.45) is 1.47. The van der Waals surface area contributed by atoms with E-state index in [9.17, 15) is 19.3 Å². The van der Waals surface area contributed by atoms with Gasteiger partial charge in [0.2, 0.25) is 0 Å². The third-order valence-corrected chi connectivity index (χ3v) is 7.73. The predicted molar refractivity (Wildman–Crippen MR) is 154 cm³/mol. The molecule has 0 aliphatic rings. The van der Waals surface area contributed by atoms with Gasteiger partial charge in [0.25, 0.3) is 0 Å². The lowest BCUT2D eigenvalue weighted by molar-refractivity contribution is -0.142. The van der Waals surface area contributed by atoms with Gasteiger partial charge in [-0.2, -0.15) is 5.09 Å². The molecule has 10 heteroatoms. The molecular weight excluding hydrogens is 545 g/mol. The Bertz CT molecular complexity index is 1760. The highest BCUT2D eigenvalue weighted by Crippen LogP contribution is 2.46. The molecule has 0 bridgehead atoms. The lowest BCUT2D eigenvalue weighted by Crippen LogP contribution is -2.39. The summed E-state index contributed by atoms with van der Waals surface area (Å²) in [5.41, 5.74) is 1.59. The zero-order valence-electron chi connectivity index (χ0n) is 21.9. The van der Waals surface area contributed by atoms with Crippen LogP contribution < -0.4 is 19.6 Å². The van der Waals surface area contributed by atoms with Crippen LogP contribution in [0.4, 0.5) is 0 Å². The number of phenolic OH excluding ortho intramolecular Hbond substituents is 1. The Balaban J connectivity index is 1.47. The molecule has 0 aliphatic heterocycles. The van der Waals surface area contributed by atoms with Crippen LogP contribution in [0.1, 0.15) is 5.56 Å². The number of hydrogen-bond donors (Lipinski definition) is 2. The monoisotopic (exact) mass is 571 g/mol. The van der Waals surface area contributed by atoms with E-state index in [0.717, 1.165) is 5.56 Å². The summed E-state index contributed by atoms with van der Waals surface area (Å²) < 4.78 is 36.5. The van der Waals surface area contributed by atoms with Crippen molar-refractivity contribution in [3.05, 3.63) is 125 Å². The van der Waals surface area contributed by atoms with Crippen molar-refractivity contribution in [1.82, 2.24) is 5.09 Å². The minimum absolute atomic E-state index is 0.0770. The number of fused-ring (bicyclic) bond motifs is 1. The largest absolute Gasteiger partial charge is 0.513 e. The normalized spacial score (nSPS) is 13.2. The van der Waals surface area contributed by atoms with Crippen molar-refractivity contribution in [2.45, 2.75) is 12.5 Å². The SMILES string of the molecule is COC(=O)[C@H](Cc1ccccc1)NP(=O)(Oc1ccccc1)Oc1ccc2c(=O)c(-c3ccc(O)cc3)coc2c1. The quantitative estimate of drug-likeness (QED) is 0.151. The summed E-state index contributed by atoms with van der Waals surface area (Å²) in [5.74, 6) is -0.249. The summed E-state index contributed by atoms with van der Waals surface area (Å²) in [7, 11) is -3.03. The minimum atomic E-state index is -4.27. The highest BCUT2D eigenvalue weighted by Gasteiger charge is 2.36. The van der Waals surface area contributed by atoms with E-state index in [-0.39, 0.29) is 40.1 Å². The van der Waals surface area contributed by atoms with Gasteiger partial charge in [0.15, 0.2) is 5.43 Å². The fraction of sp³-hybridized carbons (Fsp3) is 0.0968. The molecule has 208 valence electrons. The van der Waals surface area contributed by atoms with Crippen LogP contribution in [0.2, 0.25) is 0 Å². The van der Waals surface area contributed by atoms with Crippen molar-refractivity contribution >= 4 is 24.7 Å². The van der Waals surface area contributed by atoms with Crippen LogP contribution >= 0.6 is 7.75 Å². The summed E-state index contributed by atoms with van der Waals surface area (Å²) in [6.45, 7) is 0. The Hall–Kier alpha value is -4.85. The number of hydrogen-bond acceptors (Lipinski definition) is 8. The average Bonchev–Trinajstić information content (AvgIpc) is 2.98. The second-order valence-electron chi connectivity index (χ2n) is 9.07. The molecule has 5 aromatic rings. The molecule has 9 nitrogen and oxygen atoms in total. The van der Waals surface area contributed by atoms with Crippen LogP contribution in [-0.4, -0.2) is 24.2 Å². The first-order chi connectivity index (χ1) is 19.8. The van der Waals surface area contributed by atoms with Gasteiger partial charge in [0.05, 0.1) is 18.1 Å². The van der Waals surface area contributed by atoms with Gasteiger partial charge in [-0.05, 0) is 53.9 Å². The smallest absolute Gasteiger partial charge is 0.508 e. The minimum Gasteiger partial charge on any atom is -0.508 e. The Morgan fingerprint density at radius 3 is 2.24 bits per heavy atom. The van der Waals surface area contributed by atoms with E-state index in [1.807, 2.05) is 30.3 Å². The third-order valence-electron chi connectivity index (χ3n) is 6.20. The highest BCUT2D eigenvalue weighted by molar-refractivity contribution is 7.52. The molecule has 4 aromatic carbocycles. The maximum absolute atomic E-state index is 14.2. The second kappa shape index (κ2) is 12.1. The number of carbonyl (C=O) groups excluding carboxylic acids is 1. The van der Waals surface area contributed by atoms with Gasteiger partial charge in [-0.1, -0.05) is 60.7 Å². The van der Waals surface area contributed by atoms with Gasteiger partial charge in [-0.15, -0.1) is 0 Å². The van der Waals surface area contributed by atoms with E-state index in [2.05, 4.69) is 5.09 Å². The fourth-order valence-electron chi connectivity index (χ4n) is 4.20. The molecule has 0 saturated heterocycles. The number of ether oxygens (including phenoxy) is 1. The lowest BCUT2D eigenvalue weighted by Gasteiger charge is -2.24. The van der Waals surface area contributed by atoms with Crippen LogP contribution in [-0.2, 0) is 20.5 Å². The van der Waals surface area contributed by atoms with Crippen molar-refractivity contribution in [2.24, 2.45) is 0 Å². The Morgan fingerprint density at radius 2 is 1.56 bits per heavy atom. The van der Waals surface area contributed by atoms with Gasteiger partial charge < -0.3 is 23.3 Å². The molecule has 0 amide bonds. The molecule has 41 heavy (non-hydrogen) atoms. The molecule has 0 fully saturated rings. The number of para-hydroxylation sites is 1. The lowest BCUT2D eigenvalue weighted by atomic mass is 10.1. The molecule has 5 rings (SSSR count). The number of benzene rings is 4. The second-order valence-corrected chi connectivity index (χ2v) is 10.7. The van der Waals surface area contributed by atoms with Gasteiger partial charge in [-0.3, -0.25) is 9.59 Å². The number of esters is 1. The van der Waals surface area contributed by atoms with E-state index in [1.54, 1.807) is 42.5 Å². The van der Waals surface area contributed by atoms with E-state index in [4.69, 9.17) is 18.2 Å². The summed E-state index contributed by atoms with van der Waals surface area (Å²) in [6, 6.07) is 27.1. The first kappa shape index (κ1) is 27.7. The van der Waals surface area contributed by atoms with Crippen molar-refractivity contribution < 1.29 is 32.7 Å². The molecule has 0 aliphatic carbocycles. The summed E-state index contributed by atoms with van der Waals surface area (Å²) in [4.78, 5) is 25.9. The Labute approximate surface area is 235 Å². The molecule has 2 N–H and O–H groups in total. The van der Waals surface area contributed by atoms with E-state index >= 15 is 0 Å². The van der Waals surface area contributed by atoms with Crippen LogP contribution in [0.25, 0.3) is 22.1 Å². The van der Waals surface area contributed by atoms with Crippen LogP contribution in [0, 0.1) is 0 Å². The number of carbonyl (C=O) groups is 1. The number of rotatable bonds is 10. The van der Waals surface area contributed by atoms with Gasteiger partial charge >= 0.3 is 13.7 Å². The number of methoxy groups -OCH3 is 1. The van der Waals surface area contributed by atoms with E-state index in [0.29, 0.717) is 11.1 Å². The predicted octanol–water partition coefficient (Wildman–Crippen LogP) is 6.11. The molecule has 1 unspecified atom stereocenters. The maximum Gasteiger partial charge on any atom is 0.513 e. The first-order valence-corrected chi connectivity index (χ1v) is 14.2. The fourth-order valence-corrected chi connectivity index (χ4v) is 5.71. The van der Waals surface area contributed by atoms with Crippen LogP contribution in [0.15, 0.2) is 119 Å².